The Morgan fingerprint density at radius 2 is 2.12 bits per heavy atom. The lowest BCUT2D eigenvalue weighted by Crippen LogP contribution is -2.35. The van der Waals surface area contributed by atoms with Crippen LogP contribution >= 0.6 is 15.9 Å². The van der Waals surface area contributed by atoms with Gasteiger partial charge in [-0.05, 0) is 33.6 Å². The fourth-order valence-electron chi connectivity index (χ4n) is 1.69. The van der Waals surface area contributed by atoms with Gasteiger partial charge in [0.15, 0.2) is 0 Å². The van der Waals surface area contributed by atoms with Crippen molar-refractivity contribution in [1.29, 1.82) is 0 Å². The molecule has 0 aliphatic rings. The Morgan fingerprint density at radius 3 is 2.65 bits per heavy atom. The second kappa shape index (κ2) is 6.38. The number of halogens is 1. The third-order valence-corrected chi connectivity index (χ3v) is 3.44. The molecule has 0 spiro atoms. The highest BCUT2D eigenvalue weighted by Crippen LogP contribution is 2.31. The van der Waals surface area contributed by atoms with Gasteiger partial charge in [0.2, 0.25) is 0 Å². The summed E-state index contributed by atoms with van der Waals surface area (Å²) < 4.78 is 6.22. The number of benzene rings is 1. The van der Waals surface area contributed by atoms with Crippen molar-refractivity contribution in [2.45, 2.75) is 19.3 Å². The van der Waals surface area contributed by atoms with E-state index >= 15 is 0 Å². The van der Waals surface area contributed by atoms with E-state index in [1.54, 1.807) is 7.11 Å². The van der Waals surface area contributed by atoms with E-state index < -0.39 is 0 Å². The second-order valence-corrected chi connectivity index (χ2v) is 5.55. The molecule has 17 heavy (non-hydrogen) atoms. The number of nitrogens with two attached hydrogens (primary N) is 1. The number of ether oxygens (including phenoxy) is 1. The minimum Gasteiger partial charge on any atom is -0.496 e. The SMILES string of the molecule is COc1ccc(C(C)(C)CNCCN)cc1Br. The molecule has 0 amide bonds. The molecular formula is C13H21BrN2O. The van der Waals surface area contributed by atoms with E-state index in [9.17, 15) is 0 Å². The summed E-state index contributed by atoms with van der Waals surface area (Å²) in [6, 6.07) is 6.21. The number of nitrogens with one attached hydrogen (secondary N) is 1. The lowest BCUT2D eigenvalue weighted by atomic mass is 9.84. The molecule has 1 aromatic rings. The summed E-state index contributed by atoms with van der Waals surface area (Å²) in [5, 5.41) is 3.35. The molecule has 0 fully saturated rings. The van der Waals surface area contributed by atoms with E-state index in [1.165, 1.54) is 5.56 Å². The molecule has 1 aromatic carbocycles. The summed E-state index contributed by atoms with van der Waals surface area (Å²) in [6.45, 7) is 6.85. The van der Waals surface area contributed by atoms with Crippen LogP contribution in [-0.2, 0) is 5.41 Å². The van der Waals surface area contributed by atoms with Gasteiger partial charge >= 0.3 is 0 Å². The van der Waals surface area contributed by atoms with E-state index in [0.29, 0.717) is 6.54 Å². The molecule has 0 saturated carbocycles. The Bertz CT molecular complexity index is 366. The largest absolute Gasteiger partial charge is 0.496 e. The summed E-state index contributed by atoms with van der Waals surface area (Å²) in [5.74, 6) is 0.861. The van der Waals surface area contributed by atoms with Crippen LogP contribution in [0.5, 0.6) is 5.75 Å². The fourth-order valence-corrected chi connectivity index (χ4v) is 2.23. The minimum atomic E-state index is 0.0734. The van der Waals surface area contributed by atoms with Crippen LogP contribution in [0.25, 0.3) is 0 Å². The van der Waals surface area contributed by atoms with Crippen LogP contribution in [-0.4, -0.2) is 26.7 Å². The maximum absolute atomic E-state index is 5.47. The molecule has 4 heteroatoms. The highest BCUT2D eigenvalue weighted by Gasteiger charge is 2.20. The summed E-state index contributed by atoms with van der Waals surface area (Å²) in [6.07, 6.45) is 0. The smallest absolute Gasteiger partial charge is 0.133 e. The summed E-state index contributed by atoms with van der Waals surface area (Å²) >= 11 is 3.52. The number of methoxy groups -OCH3 is 1. The normalized spacial score (nSPS) is 11.6. The Hall–Kier alpha value is -0.580. The number of hydrogen-bond acceptors (Lipinski definition) is 3. The van der Waals surface area contributed by atoms with Crippen LogP contribution in [0.1, 0.15) is 19.4 Å². The predicted molar refractivity (Wildman–Crippen MR) is 75.6 cm³/mol. The van der Waals surface area contributed by atoms with E-state index in [0.717, 1.165) is 23.3 Å². The monoisotopic (exact) mass is 300 g/mol. The van der Waals surface area contributed by atoms with Crippen LogP contribution in [0.2, 0.25) is 0 Å². The molecular weight excluding hydrogens is 280 g/mol. The predicted octanol–water partition coefficient (Wildman–Crippen LogP) is 2.28. The van der Waals surface area contributed by atoms with E-state index in [4.69, 9.17) is 10.5 Å². The minimum absolute atomic E-state index is 0.0734. The van der Waals surface area contributed by atoms with Crippen molar-refractivity contribution in [3.63, 3.8) is 0 Å². The lowest BCUT2D eigenvalue weighted by molar-refractivity contribution is 0.410. The van der Waals surface area contributed by atoms with E-state index in [-0.39, 0.29) is 5.41 Å². The quantitative estimate of drug-likeness (QED) is 0.793. The van der Waals surface area contributed by atoms with Crippen molar-refractivity contribution in [2.24, 2.45) is 5.73 Å². The zero-order valence-electron chi connectivity index (χ0n) is 10.7. The molecule has 0 atom stereocenters. The molecule has 0 aromatic heterocycles. The van der Waals surface area contributed by atoms with Crippen molar-refractivity contribution in [2.75, 3.05) is 26.7 Å². The highest BCUT2D eigenvalue weighted by molar-refractivity contribution is 9.10. The lowest BCUT2D eigenvalue weighted by Gasteiger charge is -2.26. The van der Waals surface area contributed by atoms with Gasteiger partial charge in [-0.3, -0.25) is 0 Å². The number of hydrogen-bond donors (Lipinski definition) is 2. The van der Waals surface area contributed by atoms with Gasteiger partial charge in [-0.15, -0.1) is 0 Å². The maximum atomic E-state index is 5.47. The van der Waals surface area contributed by atoms with Gasteiger partial charge in [0.25, 0.3) is 0 Å². The molecule has 0 unspecified atom stereocenters. The van der Waals surface area contributed by atoms with Crippen LogP contribution in [0.15, 0.2) is 22.7 Å². The Balaban J connectivity index is 2.80. The van der Waals surface area contributed by atoms with Crippen molar-refractivity contribution >= 4 is 15.9 Å². The molecule has 0 radical (unpaired) electrons. The van der Waals surface area contributed by atoms with Gasteiger partial charge in [0.1, 0.15) is 5.75 Å². The molecule has 96 valence electrons. The Labute approximate surface area is 112 Å². The first-order chi connectivity index (χ1) is 8.01. The summed E-state index contributed by atoms with van der Waals surface area (Å²) in [7, 11) is 1.67. The number of rotatable bonds is 6. The maximum Gasteiger partial charge on any atom is 0.133 e. The topological polar surface area (TPSA) is 47.3 Å². The Kier molecular flexibility index (Phi) is 5.43. The van der Waals surface area contributed by atoms with Crippen molar-refractivity contribution in [1.82, 2.24) is 5.32 Å². The Morgan fingerprint density at radius 1 is 1.41 bits per heavy atom. The third kappa shape index (κ3) is 3.98. The average molecular weight is 301 g/mol. The van der Waals surface area contributed by atoms with Crippen molar-refractivity contribution < 1.29 is 4.74 Å². The first kappa shape index (κ1) is 14.5. The molecule has 0 saturated heterocycles. The van der Waals surface area contributed by atoms with Crippen LogP contribution in [0, 0.1) is 0 Å². The molecule has 3 N–H and O–H groups in total. The third-order valence-electron chi connectivity index (χ3n) is 2.82. The first-order valence-electron chi connectivity index (χ1n) is 5.76. The van der Waals surface area contributed by atoms with Crippen LogP contribution in [0.4, 0.5) is 0 Å². The summed E-state index contributed by atoms with van der Waals surface area (Å²) in [5.41, 5.74) is 6.82. The first-order valence-corrected chi connectivity index (χ1v) is 6.55. The van der Waals surface area contributed by atoms with Gasteiger partial charge in [-0.2, -0.15) is 0 Å². The van der Waals surface area contributed by atoms with Gasteiger partial charge in [-0.25, -0.2) is 0 Å². The van der Waals surface area contributed by atoms with Gasteiger partial charge in [-0.1, -0.05) is 19.9 Å². The van der Waals surface area contributed by atoms with Crippen molar-refractivity contribution in [3.05, 3.63) is 28.2 Å². The van der Waals surface area contributed by atoms with Crippen LogP contribution in [0.3, 0.4) is 0 Å². The zero-order chi connectivity index (χ0) is 12.9. The van der Waals surface area contributed by atoms with Gasteiger partial charge in [0.05, 0.1) is 11.6 Å². The molecule has 0 bridgehead atoms. The molecule has 3 nitrogen and oxygen atoms in total. The van der Waals surface area contributed by atoms with Gasteiger partial charge in [0, 0.05) is 25.0 Å². The average Bonchev–Trinajstić information content (AvgIpc) is 2.29. The molecule has 0 aliphatic carbocycles. The van der Waals surface area contributed by atoms with Crippen molar-refractivity contribution in [3.8, 4) is 5.75 Å². The van der Waals surface area contributed by atoms with Crippen LogP contribution < -0.4 is 15.8 Å². The second-order valence-electron chi connectivity index (χ2n) is 4.70. The summed E-state index contributed by atoms with van der Waals surface area (Å²) in [4.78, 5) is 0. The standard InChI is InChI=1S/C13H21BrN2O/c1-13(2,9-16-7-6-15)10-4-5-12(17-3)11(14)8-10/h4-5,8,16H,6-7,9,15H2,1-3H3. The van der Waals surface area contributed by atoms with E-state index in [1.807, 2.05) is 6.07 Å². The molecule has 1 rings (SSSR count). The van der Waals surface area contributed by atoms with E-state index in [2.05, 4.69) is 47.2 Å². The molecule has 0 aliphatic heterocycles. The fraction of sp³-hybridized carbons (Fsp3) is 0.538. The van der Waals surface area contributed by atoms with Gasteiger partial charge < -0.3 is 15.8 Å². The highest BCUT2D eigenvalue weighted by atomic mass is 79.9. The molecule has 0 heterocycles. The zero-order valence-corrected chi connectivity index (χ0v) is 12.3.